The number of nitrogens with two attached hydrogens (primary N) is 1. The van der Waals surface area contributed by atoms with E-state index in [1.165, 1.54) is 38.5 Å². The molecule has 1 aromatic rings. The van der Waals surface area contributed by atoms with E-state index in [-0.39, 0.29) is 11.8 Å². The van der Waals surface area contributed by atoms with Gasteiger partial charge in [0.15, 0.2) is 5.78 Å². The zero-order valence-electron chi connectivity index (χ0n) is 12.4. The van der Waals surface area contributed by atoms with Crippen molar-refractivity contribution in [1.29, 1.82) is 0 Å². The summed E-state index contributed by atoms with van der Waals surface area (Å²) in [5.74, 6) is 0.191. The first-order chi connectivity index (χ1) is 9.70. The maximum atomic E-state index is 12.5. The topological polar surface area (TPSA) is 55.1 Å². The van der Waals surface area contributed by atoms with Gasteiger partial charge in [0.25, 0.3) is 0 Å². The van der Waals surface area contributed by atoms with Crippen molar-refractivity contribution >= 4 is 11.5 Å². The Kier molecular flexibility index (Phi) is 5.60. The van der Waals surface area contributed by atoms with E-state index in [4.69, 9.17) is 5.73 Å². The average molecular weight is 274 g/mol. The van der Waals surface area contributed by atoms with E-state index >= 15 is 0 Å². The largest absolute Gasteiger partial charge is 0.399 e. The molecule has 1 fully saturated rings. The molecule has 2 rings (SSSR count). The summed E-state index contributed by atoms with van der Waals surface area (Å²) in [4.78, 5) is 12.5. The summed E-state index contributed by atoms with van der Waals surface area (Å²) in [6.07, 6.45) is 8.47. The molecule has 0 radical (unpaired) electrons. The molecule has 3 heteroatoms. The van der Waals surface area contributed by atoms with Gasteiger partial charge in [-0.2, -0.15) is 0 Å². The van der Waals surface area contributed by atoms with Gasteiger partial charge in [-0.3, -0.25) is 4.79 Å². The summed E-state index contributed by atoms with van der Waals surface area (Å²) in [6, 6.07) is 7.68. The van der Waals surface area contributed by atoms with Crippen molar-refractivity contribution in [3.8, 4) is 0 Å². The number of nitrogens with one attached hydrogen (secondary N) is 1. The summed E-state index contributed by atoms with van der Waals surface area (Å²) >= 11 is 0. The lowest BCUT2D eigenvalue weighted by atomic mass is 9.99. The summed E-state index contributed by atoms with van der Waals surface area (Å²) in [7, 11) is 0. The van der Waals surface area contributed by atoms with Crippen LogP contribution in [0.25, 0.3) is 0 Å². The predicted octanol–water partition coefficient (Wildman–Crippen LogP) is 3.54. The van der Waals surface area contributed by atoms with Crippen LogP contribution in [0.15, 0.2) is 24.3 Å². The number of hydrogen-bond donors (Lipinski definition) is 2. The maximum Gasteiger partial charge on any atom is 0.179 e. The molecule has 1 atom stereocenters. The number of benzene rings is 1. The average Bonchev–Trinajstić information content (AvgIpc) is 2.73. The van der Waals surface area contributed by atoms with Gasteiger partial charge in [0.1, 0.15) is 0 Å². The van der Waals surface area contributed by atoms with Gasteiger partial charge in [-0.05, 0) is 43.5 Å². The number of anilines is 1. The fourth-order valence-electron chi connectivity index (χ4n) is 2.96. The van der Waals surface area contributed by atoms with Crippen LogP contribution in [0.1, 0.15) is 62.2 Å². The Morgan fingerprint density at radius 3 is 2.35 bits per heavy atom. The van der Waals surface area contributed by atoms with Crippen molar-refractivity contribution in [3.63, 3.8) is 0 Å². The van der Waals surface area contributed by atoms with Crippen LogP contribution < -0.4 is 11.1 Å². The summed E-state index contributed by atoms with van der Waals surface area (Å²) in [5, 5.41) is 3.58. The Balaban J connectivity index is 1.99. The number of rotatable bonds is 5. The van der Waals surface area contributed by atoms with Crippen LogP contribution in [0.3, 0.4) is 0 Å². The highest BCUT2D eigenvalue weighted by Gasteiger charge is 2.22. The zero-order chi connectivity index (χ0) is 14.4. The molecule has 3 N–H and O–H groups in total. The van der Waals surface area contributed by atoms with Gasteiger partial charge in [0.2, 0.25) is 0 Å². The summed E-state index contributed by atoms with van der Waals surface area (Å²) in [5.41, 5.74) is 7.13. The quantitative estimate of drug-likeness (QED) is 0.490. The summed E-state index contributed by atoms with van der Waals surface area (Å²) < 4.78 is 0. The van der Waals surface area contributed by atoms with Gasteiger partial charge in [0.05, 0.1) is 6.04 Å². The van der Waals surface area contributed by atoms with Crippen LogP contribution in [0, 0.1) is 0 Å². The zero-order valence-corrected chi connectivity index (χ0v) is 12.4. The maximum absolute atomic E-state index is 12.5. The fraction of sp³-hybridized carbons (Fsp3) is 0.588. The van der Waals surface area contributed by atoms with E-state index in [1.807, 2.05) is 12.1 Å². The highest BCUT2D eigenvalue weighted by molar-refractivity contribution is 6.00. The van der Waals surface area contributed by atoms with Crippen molar-refractivity contribution in [2.45, 2.75) is 64.0 Å². The smallest absolute Gasteiger partial charge is 0.179 e. The second-order valence-corrected chi connectivity index (χ2v) is 5.80. The lowest BCUT2D eigenvalue weighted by Crippen LogP contribution is -2.42. The van der Waals surface area contributed by atoms with Crippen molar-refractivity contribution in [2.75, 3.05) is 5.73 Å². The molecule has 0 spiro atoms. The van der Waals surface area contributed by atoms with Crippen LogP contribution in [0.2, 0.25) is 0 Å². The number of nitrogen functional groups attached to an aromatic ring is 1. The molecular formula is C17H26N2O. The first-order valence-electron chi connectivity index (χ1n) is 7.86. The Hall–Kier alpha value is -1.35. The van der Waals surface area contributed by atoms with Crippen molar-refractivity contribution in [1.82, 2.24) is 5.32 Å². The second-order valence-electron chi connectivity index (χ2n) is 5.80. The van der Waals surface area contributed by atoms with E-state index in [0.717, 1.165) is 12.0 Å². The van der Waals surface area contributed by atoms with E-state index in [2.05, 4.69) is 12.2 Å². The molecule has 110 valence electrons. The van der Waals surface area contributed by atoms with Crippen LogP contribution in [-0.4, -0.2) is 17.9 Å². The molecule has 1 aliphatic rings. The van der Waals surface area contributed by atoms with E-state index < -0.39 is 0 Å². The standard InChI is InChI=1S/C17H26N2O/c1-2-16(19-15-7-5-3-4-6-8-15)17(20)13-9-11-14(18)12-10-13/h9-12,15-16,19H,2-8,18H2,1H3. The molecule has 1 aliphatic carbocycles. The highest BCUT2D eigenvalue weighted by Crippen LogP contribution is 2.19. The molecule has 0 aromatic heterocycles. The lowest BCUT2D eigenvalue weighted by molar-refractivity contribution is 0.0931. The molecule has 0 bridgehead atoms. The molecule has 0 heterocycles. The molecule has 20 heavy (non-hydrogen) atoms. The Labute approximate surface area is 121 Å². The Bertz CT molecular complexity index is 419. The molecular weight excluding hydrogens is 248 g/mol. The van der Waals surface area contributed by atoms with Gasteiger partial charge >= 0.3 is 0 Å². The van der Waals surface area contributed by atoms with Gasteiger partial charge in [-0.1, -0.05) is 32.6 Å². The third-order valence-electron chi connectivity index (χ3n) is 4.21. The molecule has 1 saturated carbocycles. The summed E-state index contributed by atoms with van der Waals surface area (Å²) in [6.45, 7) is 2.07. The van der Waals surface area contributed by atoms with Gasteiger partial charge in [-0.25, -0.2) is 0 Å². The third-order valence-corrected chi connectivity index (χ3v) is 4.21. The van der Waals surface area contributed by atoms with E-state index in [1.54, 1.807) is 12.1 Å². The van der Waals surface area contributed by atoms with Crippen LogP contribution in [-0.2, 0) is 0 Å². The molecule has 0 aliphatic heterocycles. The minimum Gasteiger partial charge on any atom is -0.399 e. The number of Topliss-reactive ketones (excluding diaryl/α,β-unsaturated/α-hetero) is 1. The number of carbonyl (C=O) groups excluding carboxylic acids is 1. The predicted molar refractivity (Wildman–Crippen MR) is 83.9 cm³/mol. The normalized spacial score (nSPS) is 18.4. The minimum atomic E-state index is -0.0678. The number of ketones is 1. The van der Waals surface area contributed by atoms with Crippen molar-refractivity contribution in [3.05, 3.63) is 29.8 Å². The number of carbonyl (C=O) groups is 1. The monoisotopic (exact) mass is 274 g/mol. The second kappa shape index (κ2) is 7.44. The van der Waals surface area contributed by atoms with Crippen molar-refractivity contribution in [2.24, 2.45) is 0 Å². The van der Waals surface area contributed by atoms with Crippen LogP contribution in [0.4, 0.5) is 5.69 Å². The van der Waals surface area contributed by atoms with E-state index in [0.29, 0.717) is 11.7 Å². The highest BCUT2D eigenvalue weighted by atomic mass is 16.1. The first-order valence-corrected chi connectivity index (χ1v) is 7.86. The van der Waals surface area contributed by atoms with Gasteiger partial charge in [0, 0.05) is 17.3 Å². The van der Waals surface area contributed by atoms with E-state index in [9.17, 15) is 4.79 Å². The molecule has 0 saturated heterocycles. The lowest BCUT2D eigenvalue weighted by Gasteiger charge is -2.23. The van der Waals surface area contributed by atoms with Crippen LogP contribution >= 0.6 is 0 Å². The Morgan fingerprint density at radius 1 is 1.20 bits per heavy atom. The SMILES string of the molecule is CCC(NC1CCCCCC1)C(=O)c1ccc(N)cc1. The molecule has 0 amide bonds. The van der Waals surface area contributed by atoms with Gasteiger partial charge in [-0.15, -0.1) is 0 Å². The fourth-order valence-corrected chi connectivity index (χ4v) is 2.96. The van der Waals surface area contributed by atoms with Gasteiger partial charge < -0.3 is 11.1 Å². The molecule has 3 nitrogen and oxygen atoms in total. The molecule has 1 unspecified atom stereocenters. The first kappa shape index (κ1) is 15.0. The minimum absolute atomic E-state index is 0.0678. The number of hydrogen-bond acceptors (Lipinski definition) is 3. The van der Waals surface area contributed by atoms with Crippen molar-refractivity contribution < 1.29 is 4.79 Å². The third kappa shape index (κ3) is 4.07. The Morgan fingerprint density at radius 2 is 1.80 bits per heavy atom. The molecule has 1 aromatic carbocycles. The van der Waals surface area contributed by atoms with Crippen LogP contribution in [0.5, 0.6) is 0 Å².